The van der Waals surface area contributed by atoms with Crippen molar-refractivity contribution in [2.75, 3.05) is 0 Å². The molecule has 0 radical (unpaired) electrons. The van der Waals surface area contributed by atoms with Gasteiger partial charge in [0.05, 0.1) is 18.2 Å². The second-order valence-corrected chi connectivity index (χ2v) is 9.25. The molecule has 1 aromatic heterocycles. The number of aromatic nitrogens is 2. The van der Waals surface area contributed by atoms with E-state index in [0.29, 0.717) is 12.4 Å². The standard InChI is InChI=1S/C24H22N4O2S/c25-31(26,29)21-16-27-28-17-22(30-23(21)28)24(18-10-4-1-5-11-18,19-12-6-2-7-13-19)20-14-8-3-9-15-20/h1-16,22H,17H2,(H3,25,26,29). The highest BCUT2D eigenvalue weighted by molar-refractivity contribution is 7.90. The third kappa shape index (κ3) is 3.13. The van der Waals surface area contributed by atoms with Gasteiger partial charge in [-0.25, -0.2) is 18.8 Å². The van der Waals surface area contributed by atoms with Crippen LogP contribution in [0.5, 0.6) is 5.88 Å². The van der Waals surface area contributed by atoms with Crippen molar-refractivity contribution in [1.82, 2.24) is 9.78 Å². The van der Waals surface area contributed by atoms with Gasteiger partial charge in [-0.15, -0.1) is 0 Å². The van der Waals surface area contributed by atoms with Crippen LogP contribution in [0.25, 0.3) is 0 Å². The molecule has 3 N–H and O–H groups in total. The van der Waals surface area contributed by atoms with Gasteiger partial charge in [0.15, 0.2) is 0 Å². The Kier molecular flexibility index (Phi) is 4.64. The lowest BCUT2D eigenvalue weighted by Crippen LogP contribution is -2.45. The maximum absolute atomic E-state index is 12.3. The second kappa shape index (κ2) is 7.37. The first-order valence-electron chi connectivity index (χ1n) is 9.97. The molecular weight excluding hydrogens is 408 g/mol. The van der Waals surface area contributed by atoms with Crippen LogP contribution in [0.15, 0.2) is 102 Å². The Morgan fingerprint density at radius 1 is 0.903 bits per heavy atom. The van der Waals surface area contributed by atoms with E-state index in [1.807, 2.05) is 54.6 Å². The van der Waals surface area contributed by atoms with E-state index < -0.39 is 15.3 Å². The first-order valence-corrected chi connectivity index (χ1v) is 11.6. The summed E-state index contributed by atoms with van der Waals surface area (Å²) in [5.41, 5.74) is 2.57. The van der Waals surface area contributed by atoms with Gasteiger partial charge in [0.1, 0.15) is 20.9 Å². The molecule has 0 saturated heterocycles. The average Bonchev–Trinajstić information content (AvgIpc) is 3.37. The molecule has 6 nitrogen and oxygen atoms in total. The van der Waals surface area contributed by atoms with Crippen molar-refractivity contribution >= 4 is 9.92 Å². The fourth-order valence-corrected chi connectivity index (χ4v) is 5.15. The average molecular weight is 431 g/mol. The lowest BCUT2D eigenvalue weighted by Gasteiger charge is -2.39. The van der Waals surface area contributed by atoms with Gasteiger partial charge in [0.25, 0.3) is 0 Å². The van der Waals surface area contributed by atoms with Crippen LogP contribution in [0.2, 0.25) is 0 Å². The van der Waals surface area contributed by atoms with E-state index >= 15 is 0 Å². The number of fused-ring (bicyclic) bond motifs is 1. The Labute approximate surface area is 181 Å². The zero-order valence-corrected chi connectivity index (χ0v) is 17.5. The molecule has 2 unspecified atom stereocenters. The van der Waals surface area contributed by atoms with Crippen LogP contribution in [-0.2, 0) is 21.9 Å². The number of rotatable bonds is 5. The Hall–Kier alpha value is -3.42. The van der Waals surface area contributed by atoms with E-state index in [1.54, 1.807) is 4.68 Å². The summed E-state index contributed by atoms with van der Waals surface area (Å²) in [6.45, 7) is 0.434. The summed E-state index contributed by atoms with van der Waals surface area (Å²) in [6.07, 6.45) is 0.986. The second-order valence-electron chi connectivity index (χ2n) is 7.61. The molecule has 1 aliphatic rings. The molecule has 0 aliphatic carbocycles. The van der Waals surface area contributed by atoms with E-state index in [2.05, 4.69) is 41.5 Å². The first-order chi connectivity index (χ1) is 15.0. The molecule has 7 heteroatoms. The summed E-state index contributed by atoms with van der Waals surface area (Å²) in [4.78, 5) is 0.123. The summed E-state index contributed by atoms with van der Waals surface area (Å²) in [7, 11) is -3.46. The number of benzene rings is 3. The molecule has 31 heavy (non-hydrogen) atoms. The quantitative estimate of drug-likeness (QED) is 0.469. The van der Waals surface area contributed by atoms with Gasteiger partial charge < -0.3 is 4.74 Å². The van der Waals surface area contributed by atoms with Gasteiger partial charge in [0.2, 0.25) is 5.88 Å². The predicted molar refractivity (Wildman–Crippen MR) is 119 cm³/mol. The van der Waals surface area contributed by atoms with Gasteiger partial charge in [0, 0.05) is 0 Å². The van der Waals surface area contributed by atoms with Crippen LogP contribution in [0.1, 0.15) is 16.7 Å². The minimum Gasteiger partial charge on any atom is -0.470 e. The normalized spacial score (nSPS) is 17.5. The SMILES string of the molecule is N=S(N)(=O)c1cnn2c1OC(C(c1ccccc1)(c1ccccc1)c1ccccc1)C2. The number of hydrogen-bond donors (Lipinski definition) is 2. The highest BCUT2D eigenvalue weighted by atomic mass is 32.2. The molecule has 0 spiro atoms. The van der Waals surface area contributed by atoms with Crippen molar-refractivity contribution in [3.8, 4) is 5.88 Å². The van der Waals surface area contributed by atoms with Gasteiger partial charge in [-0.1, -0.05) is 91.0 Å². The van der Waals surface area contributed by atoms with E-state index in [-0.39, 0.29) is 11.0 Å². The van der Waals surface area contributed by atoms with Gasteiger partial charge >= 0.3 is 0 Å². The predicted octanol–water partition coefficient (Wildman–Crippen LogP) is 3.96. The number of nitrogens with two attached hydrogens (primary N) is 1. The smallest absolute Gasteiger partial charge is 0.231 e. The van der Waals surface area contributed by atoms with Crippen LogP contribution in [-0.4, -0.2) is 20.1 Å². The topological polar surface area (TPSA) is 94.0 Å². The molecule has 2 heterocycles. The van der Waals surface area contributed by atoms with Crippen LogP contribution in [0, 0.1) is 4.78 Å². The lowest BCUT2D eigenvalue weighted by atomic mass is 9.65. The molecule has 0 bridgehead atoms. The highest BCUT2D eigenvalue weighted by Gasteiger charge is 2.49. The summed E-state index contributed by atoms with van der Waals surface area (Å²) < 4.78 is 28.2. The van der Waals surface area contributed by atoms with Crippen molar-refractivity contribution in [1.29, 1.82) is 4.78 Å². The van der Waals surface area contributed by atoms with Crippen LogP contribution < -0.4 is 9.88 Å². The number of hydrogen-bond acceptors (Lipinski definition) is 4. The Morgan fingerprint density at radius 2 is 1.35 bits per heavy atom. The molecule has 2 atom stereocenters. The molecule has 0 amide bonds. The number of ether oxygens (including phenoxy) is 1. The molecule has 156 valence electrons. The molecule has 0 saturated carbocycles. The van der Waals surface area contributed by atoms with Gasteiger partial charge in [-0.05, 0) is 16.7 Å². The van der Waals surface area contributed by atoms with Crippen molar-refractivity contribution in [2.24, 2.45) is 5.14 Å². The summed E-state index contributed by atoms with van der Waals surface area (Å²) >= 11 is 0. The number of nitrogens with one attached hydrogen (secondary N) is 1. The summed E-state index contributed by atoms with van der Waals surface area (Å²) in [5.74, 6) is 0.305. The van der Waals surface area contributed by atoms with E-state index in [0.717, 1.165) is 16.7 Å². The third-order valence-electron chi connectivity index (χ3n) is 5.85. The van der Waals surface area contributed by atoms with Crippen molar-refractivity contribution in [3.63, 3.8) is 0 Å². The maximum atomic E-state index is 12.3. The first kappa shape index (κ1) is 19.5. The van der Waals surface area contributed by atoms with Crippen LogP contribution in [0.4, 0.5) is 0 Å². The fourth-order valence-electron chi connectivity index (χ4n) is 4.53. The molecule has 0 fully saturated rings. The number of nitrogens with zero attached hydrogens (tertiary/aromatic N) is 2. The van der Waals surface area contributed by atoms with E-state index in [1.165, 1.54) is 6.20 Å². The molecule has 1 aliphatic heterocycles. The maximum Gasteiger partial charge on any atom is 0.231 e. The van der Waals surface area contributed by atoms with E-state index in [9.17, 15) is 4.21 Å². The largest absolute Gasteiger partial charge is 0.470 e. The molecular formula is C24H22N4O2S. The fraction of sp³-hybridized carbons (Fsp3) is 0.125. The molecule has 5 rings (SSSR count). The zero-order chi connectivity index (χ0) is 21.5. The zero-order valence-electron chi connectivity index (χ0n) is 16.7. The highest BCUT2D eigenvalue weighted by Crippen LogP contribution is 2.47. The molecule has 3 aromatic carbocycles. The van der Waals surface area contributed by atoms with Crippen LogP contribution in [0.3, 0.4) is 0 Å². The Bertz CT molecular complexity index is 1210. The lowest BCUT2D eigenvalue weighted by molar-refractivity contribution is 0.168. The Balaban J connectivity index is 1.77. The summed E-state index contributed by atoms with van der Waals surface area (Å²) in [6, 6.07) is 30.7. The Morgan fingerprint density at radius 3 is 1.77 bits per heavy atom. The molecule has 4 aromatic rings. The summed E-state index contributed by atoms with van der Waals surface area (Å²) in [5, 5.41) is 9.94. The van der Waals surface area contributed by atoms with Gasteiger partial charge in [-0.2, -0.15) is 5.10 Å². The minimum atomic E-state index is -3.46. The van der Waals surface area contributed by atoms with Crippen molar-refractivity contribution in [2.45, 2.75) is 23.0 Å². The van der Waals surface area contributed by atoms with Crippen molar-refractivity contribution in [3.05, 3.63) is 114 Å². The minimum absolute atomic E-state index is 0.123. The van der Waals surface area contributed by atoms with E-state index in [4.69, 9.17) is 14.7 Å². The van der Waals surface area contributed by atoms with Crippen molar-refractivity contribution < 1.29 is 8.95 Å². The van der Waals surface area contributed by atoms with Crippen LogP contribution >= 0.6 is 0 Å². The monoisotopic (exact) mass is 430 g/mol. The third-order valence-corrected chi connectivity index (χ3v) is 6.78. The van der Waals surface area contributed by atoms with Gasteiger partial charge in [-0.3, -0.25) is 0 Å².